The summed E-state index contributed by atoms with van der Waals surface area (Å²) in [7, 11) is 1.63. The van der Waals surface area contributed by atoms with Crippen LogP contribution in [-0.2, 0) is 9.53 Å². The molecule has 0 aromatic heterocycles. The van der Waals surface area contributed by atoms with Gasteiger partial charge in [-0.1, -0.05) is 35.9 Å². The molecule has 26 heavy (non-hydrogen) atoms. The molecular formula is C21H23ClO3S. The number of hydrogen-bond donors (Lipinski definition) is 0. The largest absolute Gasteiger partial charge is 0.497 e. The van der Waals surface area contributed by atoms with Crippen molar-refractivity contribution in [1.82, 2.24) is 0 Å². The number of rotatable bonds is 8. The zero-order valence-corrected chi connectivity index (χ0v) is 16.7. The van der Waals surface area contributed by atoms with Crippen molar-refractivity contribution < 1.29 is 14.3 Å². The van der Waals surface area contributed by atoms with Crippen LogP contribution >= 0.6 is 23.4 Å². The molecule has 0 bridgehead atoms. The van der Waals surface area contributed by atoms with Crippen LogP contribution in [0, 0.1) is 0 Å². The number of thioether (sulfide) groups is 1. The fourth-order valence-corrected chi connectivity index (χ4v) is 3.84. The Bertz CT molecular complexity index is 726. The first-order chi connectivity index (χ1) is 12.6. The highest BCUT2D eigenvalue weighted by Gasteiger charge is 2.30. The summed E-state index contributed by atoms with van der Waals surface area (Å²) in [4.78, 5) is 13.7. The molecule has 0 aliphatic carbocycles. The van der Waals surface area contributed by atoms with E-state index < -0.39 is 5.25 Å². The van der Waals surface area contributed by atoms with Gasteiger partial charge < -0.3 is 9.47 Å². The van der Waals surface area contributed by atoms with E-state index in [-0.39, 0.29) is 11.9 Å². The predicted octanol–water partition coefficient (Wildman–Crippen LogP) is 5.73. The maximum absolute atomic E-state index is 12.7. The molecule has 5 heteroatoms. The van der Waals surface area contributed by atoms with Gasteiger partial charge in [0.2, 0.25) is 0 Å². The van der Waals surface area contributed by atoms with Gasteiger partial charge in [-0.2, -0.15) is 0 Å². The predicted molar refractivity (Wildman–Crippen MR) is 108 cm³/mol. The Morgan fingerprint density at radius 3 is 2.35 bits per heavy atom. The van der Waals surface area contributed by atoms with Crippen molar-refractivity contribution in [2.75, 3.05) is 13.7 Å². The molecule has 0 heterocycles. The summed E-state index contributed by atoms with van der Waals surface area (Å²) in [5.41, 5.74) is 1.02. The fraction of sp³-hybridized carbons (Fsp3) is 0.286. The van der Waals surface area contributed by atoms with Crippen molar-refractivity contribution >= 4 is 29.3 Å². The van der Waals surface area contributed by atoms with Crippen LogP contribution in [0.25, 0.3) is 0 Å². The molecule has 0 spiro atoms. The van der Waals surface area contributed by atoms with Crippen molar-refractivity contribution in [3.8, 4) is 5.75 Å². The van der Waals surface area contributed by atoms with Gasteiger partial charge in [-0.25, -0.2) is 0 Å². The van der Waals surface area contributed by atoms with E-state index in [1.165, 1.54) is 11.8 Å². The second-order valence-electron chi connectivity index (χ2n) is 5.57. The Kier molecular flexibility index (Phi) is 8.07. The Balaban J connectivity index is 2.35. The second-order valence-corrected chi connectivity index (χ2v) is 7.22. The van der Waals surface area contributed by atoms with E-state index in [0.717, 1.165) is 16.2 Å². The number of hydrogen-bond acceptors (Lipinski definition) is 4. The highest BCUT2D eigenvalue weighted by molar-refractivity contribution is 8.00. The average Bonchev–Trinajstić information content (AvgIpc) is 2.66. The van der Waals surface area contributed by atoms with Crippen LogP contribution in [0.4, 0.5) is 0 Å². The quantitative estimate of drug-likeness (QED) is 0.327. The van der Waals surface area contributed by atoms with Gasteiger partial charge in [-0.15, -0.1) is 11.8 Å². The summed E-state index contributed by atoms with van der Waals surface area (Å²) in [5.74, 6) is 0.430. The number of benzene rings is 2. The number of halogens is 1. The van der Waals surface area contributed by atoms with Crippen LogP contribution in [0.3, 0.4) is 0 Å². The summed E-state index contributed by atoms with van der Waals surface area (Å²) in [6, 6.07) is 15.3. The Hall–Kier alpha value is -1.91. The van der Waals surface area contributed by atoms with E-state index in [2.05, 4.69) is 0 Å². The second kappa shape index (κ2) is 10.3. The molecule has 0 N–H and O–H groups in total. The lowest BCUT2D eigenvalue weighted by Crippen LogP contribution is -2.26. The smallest absolute Gasteiger partial charge is 0.320 e. The summed E-state index contributed by atoms with van der Waals surface area (Å²) in [5, 5.41) is 0.268. The Labute approximate surface area is 164 Å². The minimum absolute atomic E-state index is 0.122. The molecule has 0 aliphatic rings. The molecule has 3 nitrogen and oxygen atoms in total. The normalized spacial score (nSPS) is 13.4. The van der Waals surface area contributed by atoms with Gasteiger partial charge >= 0.3 is 5.97 Å². The first-order valence-corrected chi connectivity index (χ1v) is 9.70. The van der Waals surface area contributed by atoms with E-state index in [9.17, 15) is 4.79 Å². The number of ether oxygens (including phenoxy) is 2. The SMILES string of the molecule is C/C=C/[C@@H](c1ccc(Cl)cc1)C(Sc1ccc(OC)cc1)C(=O)OCC. The minimum atomic E-state index is -0.402. The standard InChI is InChI=1S/C21H23ClO3S/c1-4-6-19(15-7-9-16(22)10-8-15)20(21(23)25-5-2)26-18-13-11-17(24-3)12-14-18/h4,6-14,19-20H,5H2,1-3H3/b6-4+/t19-,20?/m0/s1. The molecule has 0 saturated heterocycles. The first-order valence-electron chi connectivity index (χ1n) is 8.44. The first kappa shape index (κ1) is 20.4. The van der Waals surface area contributed by atoms with Crippen molar-refractivity contribution in [2.45, 2.75) is 29.9 Å². The Morgan fingerprint density at radius 1 is 1.15 bits per heavy atom. The average molecular weight is 391 g/mol. The highest BCUT2D eigenvalue weighted by atomic mass is 35.5. The molecule has 0 aliphatic heterocycles. The third-order valence-electron chi connectivity index (χ3n) is 3.82. The maximum Gasteiger partial charge on any atom is 0.320 e. The van der Waals surface area contributed by atoms with Crippen molar-refractivity contribution in [1.29, 1.82) is 0 Å². The number of allylic oxidation sites excluding steroid dienone is 2. The third kappa shape index (κ3) is 5.55. The van der Waals surface area contributed by atoms with Gasteiger partial charge in [0.15, 0.2) is 0 Å². The summed E-state index contributed by atoms with van der Waals surface area (Å²) in [6.45, 7) is 4.12. The van der Waals surface area contributed by atoms with Gasteiger partial charge in [0.1, 0.15) is 11.0 Å². The van der Waals surface area contributed by atoms with Gasteiger partial charge in [0.25, 0.3) is 0 Å². The molecule has 2 rings (SSSR count). The van der Waals surface area contributed by atoms with E-state index in [1.807, 2.05) is 74.5 Å². The van der Waals surface area contributed by atoms with Crippen LogP contribution in [0.1, 0.15) is 25.3 Å². The number of carbonyl (C=O) groups excluding carboxylic acids is 1. The molecule has 2 aromatic carbocycles. The molecule has 2 aromatic rings. The zero-order valence-electron chi connectivity index (χ0n) is 15.1. The van der Waals surface area contributed by atoms with Crippen LogP contribution in [0.5, 0.6) is 5.75 Å². The summed E-state index contributed by atoms with van der Waals surface area (Å²) < 4.78 is 10.6. The monoisotopic (exact) mass is 390 g/mol. The van der Waals surface area contributed by atoms with E-state index in [4.69, 9.17) is 21.1 Å². The molecule has 0 saturated carbocycles. The van der Waals surface area contributed by atoms with E-state index in [0.29, 0.717) is 11.6 Å². The van der Waals surface area contributed by atoms with Crippen LogP contribution in [0.2, 0.25) is 5.02 Å². The number of esters is 1. The lowest BCUT2D eigenvalue weighted by Gasteiger charge is -2.23. The summed E-state index contributed by atoms with van der Waals surface area (Å²) >= 11 is 7.51. The lowest BCUT2D eigenvalue weighted by atomic mass is 9.95. The minimum Gasteiger partial charge on any atom is -0.497 e. The van der Waals surface area contributed by atoms with Gasteiger partial charge in [0, 0.05) is 15.8 Å². The third-order valence-corrected chi connectivity index (χ3v) is 5.36. The molecule has 0 fully saturated rings. The fourth-order valence-electron chi connectivity index (χ4n) is 2.57. The molecule has 1 unspecified atom stereocenters. The topological polar surface area (TPSA) is 35.5 Å². The maximum atomic E-state index is 12.7. The van der Waals surface area contributed by atoms with E-state index >= 15 is 0 Å². The van der Waals surface area contributed by atoms with Gasteiger partial charge in [-0.3, -0.25) is 4.79 Å². The summed E-state index contributed by atoms with van der Waals surface area (Å²) in [6.07, 6.45) is 3.99. The van der Waals surface area contributed by atoms with Gasteiger partial charge in [0.05, 0.1) is 13.7 Å². The van der Waals surface area contributed by atoms with Crippen LogP contribution in [-0.4, -0.2) is 24.9 Å². The molecular weight excluding hydrogens is 368 g/mol. The Morgan fingerprint density at radius 2 is 1.81 bits per heavy atom. The molecule has 0 radical (unpaired) electrons. The van der Waals surface area contributed by atoms with Crippen molar-refractivity contribution in [3.63, 3.8) is 0 Å². The highest BCUT2D eigenvalue weighted by Crippen LogP contribution is 2.36. The van der Waals surface area contributed by atoms with Crippen LogP contribution < -0.4 is 4.74 Å². The van der Waals surface area contributed by atoms with Crippen LogP contribution in [0.15, 0.2) is 65.6 Å². The lowest BCUT2D eigenvalue weighted by molar-refractivity contribution is -0.142. The van der Waals surface area contributed by atoms with E-state index in [1.54, 1.807) is 7.11 Å². The molecule has 2 atom stereocenters. The molecule has 138 valence electrons. The molecule has 0 amide bonds. The van der Waals surface area contributed by atoms with Crippen molar-refractivity contribution in [2.24, 2.45) is 0 Å². The number of carbonyl (C=O) groups is 1. The number of methoxy groups -OCH3 is 1. The zero-order chi connectivity index (χ0) is 18.9. The van der Waals surface area contributed by atoms with Crippen molar-refractivity contribution in [3.05, 3.63) is 71.3 Å². The van der Waals surface area contributed by atoms with Gasteiger partial charge in [-0.05, 0) is 55.8 Å².